The van der Waals surface area contributed by atoms with E-state index in [0.717, 1.165) is 12.0 Å². The standard InChI is InChI=1S/C27H39FN8O6S/c1-18(37)32-21(24(38)31-9-3-11-41-13-15-42-14-12-40-10-2-8-29)17-43-27-33-22-23(34-26(30)35-25(22)39)36(27)16-19-4-6-20(28)7-5-19/h4-7,21H,2-3,8-17,29H2,1H3,(H,31,38)(H,32,37)(H3,30,34,35,39). The molecule has 16 heteroatoms. The number of hydrogen-bond donors (Lipinski definition) is 5. The van der Waals surface area contributed by atoms with Gasteiger partial charge in [-0.05, 0) is 37.1 Å². The second-order valence-electron chi connectivity index (χ2n) is 9.42. The van der Waals surface area contributed by atoms with Crippen LogP contribution < -0.4 is 27.7 Å². The molecule has 0 aliphatic heterocycles. The van der Waals surface area contributed by atoms with Gasteiger partial charge in [-0.2, -0.15) is 4.98 Å². The Hall–Kier alpha value is -3.57. The fourth-order valence-corrected chi connectivity index (χ4v) is 4.87. The number of nitrogens with zero attached hydrogens (tertiary/aromatic N) is 3. The van der Waals surface area contributed by atoms with E-state index >= 15 is 0 Å². The van der Waals surface area contributed by atoms with Crippen molar-refractivity contribution in [2.45, 2.75) is 37.5 Å². The Kier molecular flexibility index (Phi) is 14.3. The van der Waals surface area contributed by atoms with Gasteiger partial charge in [0.1, 0.15) is 11.9 Å². The number of carbonyl (C=O) groups excluding carboxylic acids is 2. The van der Waals surface area contributed by atoms with Gasteiger partial charge in [-0.25, -0.2) is 9.37 Å². The molecule has 2 amide bonds. The third-order valence-corrected chi connectivity index (χ3v) is 6.99. The van der Waals surface area contributed by atoms with Crippen molar-refractivity contribution in [2.24, 2.45) is 5.73 Å². The first-order valence-corrected chi connectivity index (χ1v) is 14.9. The minimum Gasteiger partial charge on any atom is -0.379 e. The number of carbonyl (C=O) groups is 2. The summed E-state index contributed by atoms with van der Waals surface area (Å²) in [6.07, 6.45) is 1.39. The molecule has 0 fully saturated rings. The lowest BCUT2D eigenvalue weighted by Gasteiger charge is -2.17. The third-order valence-electron chi connectivity index (χ3n) is 5.92. The molecule has 0 saturated carbocycles. The summed E-state index contributed by atoms with van der Waals surface area (Å²) < 4.78 is 31.4. The van der Waals surface area contributed by atoms with E-state index in [9.17, 15) is 18.8 Å². The lowest BCUT2D eigenvalue weighted by Crippen LogP contribution is -2.48. The van der Waals surface area contributed by atoms with Crippen molar-refractivity contribution < 1.29 is 28.2 Å². The number of amides is 2. The fraction of sp³-hybridized carbons (Fsp3) is 0.519. The number of nitrogens with two attached hydrogens (primary N) is 2. The largest absolute Gasteiger partial charge is 0.379 e. The SMILES string of the molecule is CC(=O)NC(CSc1nc2c(=O)[nH]c(N)nc2n1Cc1ccc(F)cc1)C(=O)NCCCOCCOCCOCCCN. The number of benzene rings is 1. The summed E-state index contributed by atoms with van der Waals surface area (Å²) in [4.78, 5) is 48.4. The van der Waals surface area contributed by atoms with Gasteiger partial charge in [-0.15, -0.1) is 0 Å². The molecule has 3 aromatic rings. The summed E-state index contributed by atoms with van der Waals surface area (Å²) in [6.45, 7) is 5.39. The van der Waals surface area contributed by atoms with Gasteiger partial charge in [-0.3, -0.25) is 23.9 Å². The first-order valence-electron chi connectivity index (χ1n) is 13.9. The van der Waals surface area contributed by atoms with Crippen LogP contribution in [0.5, 0.6) is 0 Å². The molecule has 1 aromatic carbocycles. The van der Waals surface area contributed by atoms with Crippen molar-refractivity contribution in [1.29, 1.82) is 0 Å². The number of fused-ring (bicyclic) bond motifs is 1. The van der Waals surface area contributed by atoms with Gasteiger partial charge in [0.05, 0.1) is 33.0 Å². The van der Waals surface area contributed by atoms with Gasteiger partial charge in [0, 0.05) is 32.4 Å². The minimum absolute atomic E-state index is 0.0700. The van der Waals surface area contributed by atoms with Crippen molar-refractivity contribution in [3.8, 4) is 0 Å². The highest BCUT2D eigenvalue weighted by molar-refractivity contribution is 7.99. The van der Waals surface area contributed by atoms with Crippen molar-refractivity contribution >= 4 is 40.7 Å². The first kappa shape index (κ1) is 33.9. The number of imidazole rings is 1. The van der Waals surface area contributed by atoms with Crippen molar-refractivity contribution in [2.75, 3.05) is 64.2 Å². The fourth-order valence-electron chi connectivity index (χ4n) is 3.86. The summed E-state index contributed by atoms with van der Waals surface area (Å²) in [5.74, 6) is -1.09. The molecular formula is C27H39FN8O6S. The average Bonchev–Trinajstić information content (AvgIpc) is 3.31. The Labute approximate surface area is 252 Å². The van der Waals surface area contributed by atoms with Crippen LogP contribution in [-0.4, -0.2) is 95.9 Å². The monoisotopic (exact) mass is 622 g/mol. The molecule has 1 atom stereocenters. The van der Waals surface area contributed by atoms with Crippen LogP contribution in [0.4, 0.5) is 10.3 Å². The van der Waals surface area contributed by atoms with Crippen molar-refractivity contribution in [3.05, 3.63) is 46.0 Å². The van der Waals surface area contributed by atoms with E-state index < -0.39 is 11.6 Å². The number of nitrogens with one attached hydrogen (secondary N) is 3. The number of aromatic nitrogens is 4. The summed E-state index contributed by atoms with van der Waals surface area (Å²) >= 11 is 1.17. The molecule has 7 N–H and O–H groups in total. The number of thioether (sulfide) groups is 1. The number of H-pyrrole nitrogens is 1. The Balaban J connectivity index is 1.51. The van der Waals surface area contributed by atoms with Crippen LogP contribution >= 0.6 is 11.8 Å². The van der Waals surface area contributed by atoms with Gasteiger partial charge >= 0.3 is 0 Å². The average molecular weight is 623 g/mol. The van der Waals surface area contributed by atoms with Gasteiger partial charge < -0.3 is 36.3 Å². The predicted molar refractivity (Wildman–Crippen MR) is 160 cm³/mol. The molecule has 236 valence electrons. The third kappa shape index (κ3) is 11.6. The lowest BCUT2D eigenvalue weighted by molar-refractivity contribution is -0.127. The maximum Gasteiger partial charge on any atom is 0.280 e. The van der Waals surface area contributed by atoms with E-state index in [-0.39, 0.29) is 47.0 Å². The minimum atomic E-state index is -0.876. The second-order valence-corrected chi connectivity index (χ2v) is 10.4. The van der Waals surface area contributed by atoms with Crippen LogP contribution in [0.25, 0.3) is 11.2 Å². The number of nitrogen functional groups attached to an aromatic ring is 1. The zero-order valence-electron chi connectivity index (χ0n) is 24.1. The Bertz CT molecular complexity index is 1370. The molecule has 0 radical (unpaired) electrons. The number of ether oxygens (including phenoxy) is 3. The molecule has 0 aliphatic carbocycles. The first-order chi connectivity index (χ1) is 20.8. The quantitative estimate of drug-likeness (QED) is 0.0862. The van der Waals surface area contributed by atoms with Gasteiger partial charge in [0.15, 0.2) is 16.3 Å². The highest BCUT2D eigenvalue weighted by Gasteiger charge is 2.23. The van der Waals surface area contributed by atoms with E-state index in [1.54, 1.807) is 16.7 Å². The molecule has 2 heterocycles. The van der Waals surface area contributed by atoms with Crippen LogP contribution in [0.2, 0.25) is 0 Å². The summed E-state index contributed by atoms with van der Waals surface area (Å²) in [5, 5.41) is 5.85. The molecule has 43 heavy (non-hydrogen) atoms. The number of halogens is 1. The van der Waals surface area contributed by atoms with Gasteiger partial charge in [0.2, 0.25) is 17.8 Å². The highest BCUT2D eigenvalue weighted by atomic mass is 32.2. The maximum atomic E-state index is 13.5. The zero-order chi connectivity index (χ0) is 31.0. The normalized spacial score (nSPS) is 12.0. The van der Waals surface area contributed by atoms with E-state index in [2.05, 4.69) is 25.6 Å². The van der Waals surface area contributed by atoms with Crippen LogP contribution in [-0.2, 0) is 30.3 Å². The van der Waals surface area contributed by atoms with E-state index in [1.807, 2.05) is 0 Å². The molecule has 0 aliphatic rings. The molecule has 0 bridgehead atoms. The molecule has 0 spiro atoms. The number of rotatable bonds is 20. The molecule has 1 unspecified atom stereocenters. The Morgan fingerprint density at radius 3 is 2.35 bits per heavy atom. The van der Waals surface area contributed by atoms with Gasteiger partial charge in [0.25, 0.3) is 5.56 Å². The Morgan fingerprint density at radius 2 is 1.70 bits per heavy atom. The number of aromatic amines is 1. The van der Waals surface area contributed by atoms with Crippen molar-refractivity contribution in [3.63, 3.8) is 0 Å². The zero-order valence-corrected chi connectivity index (χ0v) is 24.9. The second kappa shape index (κ2) is 18.2. The van der Waals surface area contributed by atoms with Crippen LogP contribution in [0, 0.1) is 5.82 Å². The maximum absolute atomic E-state index is 13.5. The Morgan fingerprint density at radius 1 is 1.05 bits per heavy atom. The van der Waals surface area contributed by atoms with Crippen LogP contribution in [0.1, 0.15) is 25.3 Å². The van der Waals surface area contributed by atoms with E-state index in [1.165, 1.54) is 30.8 Å². The highest BCUT2D eigenvalue weighted by Crippen LogP contribution is 2.24. The topological polar surface area (TPSA) is 201 Å². The molecule has 14 nitrogen and oxygen atoms in total. The summed E-state index contributed by atoms with van der Waals surface area (Å²) in [5.41, 5.74) is 11.7. The van der Waals surface area contributed by atoms with Gasteiger partial charge in [-0.1, -0.05) is 23.9 Å². The van der Waals surface area contributed by atoms with E-state index in [4.69, 9.17) is 25.7 Å². The lowest BCUT2D eigenvalue weighted by atomic mass is 10.2. The molecule has 3 rings (SSSR count). The molecular weight excluding hydrogens is 583 g/mol. The predicted octanol–water partition coefficient (Wildman–Crippen LogP) is 0.391. The van der Waals surface area contributed by atoms with Crippen LogP contribution in [0.15, 0.2) is 34.2 Å². The van der Waals surface area contributed by atoms with E-state index in [0.29, 0.717) is 64.3 Å². The number of hydrogen-bond acceptors (Lipinski definition) is 11. The summed E-state index contributed by atoms with van der Waals surface area (Å²) in [6, 6.07) is 5.00. The molecule has 2 aromatic heterocycles. The van der Waals surface area contributed by atoms with Crippen molar-refractivity contribution in [1.82, 2.24) is 30.2 Å². The summed E-state index contributed by atoms with van der Waals surface area (Å²) in [7, 11) is 0. The van der Waals surface area contributed by atoms with Crippen LogP contribution in [0.3, 0.4) is 0 Å². The molecule has 0 saturated heterocycles. The number of anilines is 1. The smallest absolute Gasteiger partial charge is 0.280 e.